The molecule has 2 amide bonds. The molecule has 0 aliphatic rings. The van der Waals surface area contributed by atoms with Gasteiger partial charge in [-0.3, -0.25) is 13.9 Å². The summed E-state index contributed by atoms with van der Waals surface area (Å²) < 4.78 is 35.1. The molecule has 3 aromatic rings. The first-order chi connectivity index (χ1) is 19.6. The molecule has 3 rings (SSSR count). The van der Waals surface area contributed by atoms with Crippen LogP contribution in [0.3, 0.4) is 0 Å². The smallest absolute Gasteiger partial charge is 0.264 e. The molecule has 0 spiro atoms. The van der Waals surface area contributed by atoms with Gasteiger partial charge in [0.2, 0.25) is 11.8 Å². The topological polar surface area (TPSA) is 96.0 Å². The van der Waals surface area contributed by atoms with Gasteiger partial charge in [0.05, 0.1) is 17.7 Å². The molecule has 1 N–H and O–H groups in total. The van der Waals surface area contributed by atoms with Gasteiger partial charge in [-0.15, -0.1) is 0 Å². The number of benzene rings is 3. The Morgan fingerprint density at radius 1 is 1.00 bits per heavy atom. The molecular weight excluding hydrogens is 606 g/mol. The molecule has 8 nitrogen and oxygen atoms in total. The van der Waals surface area contributed by atoms with Crippen molar-refractivity contribution in [2.24, 2.45) is 0 Å². The molecule has 0 bridgehead atoms. The van der Waals surface area contributed by atoms with E-state index in [4.69, 9.17) is 4.74 Å². The number of sulfonamides is 1. The van der Waals surface area contributed by atoms with Crippen LogP contribution in [-0.4, -0.2) is 51.4 Å². The summed E-state index contributed by atoms with van der Waals surface area (Å²) in [6.45, 7) is 5.87. The van der Waals surface area contributed by atoms with Crippen LogP contribution in [-0.2, 0) is 26.2 Å². The number of methoxy groups -OCH3 is 1. The van der Waals surface area contributed by atoms with Crippen LogP contribution in [0.1, 0.15) is 44.2 Å². The summed E-state index contributed by atoms with van der Waals surface area (Å²) in [5, 5.41) is 2.94. The highest BCUT2D eigenvalue weighted by atomic mass is 79.9. The van der Waals surface area contributed by atoms with Crippen LogP contribution in [0.4, 0.5) is 5.69 Å². The standard InChI is InChI=1S/C31H38BrN3O5S/c1-5-7-19-33-31(37)29(6-2)34(21-24-9-8-10-27(20-24)40-4)30(36)22-35(26-15-13-25(32)14-16-26)41(38,39)28-17-11-23(3)12-18-28/h8-18,20,29H,5-7,19,21-22H2,1-4H3,(H,33,37)/t29-/m0/s1. The van der Waals surface area contributed by atoms with Crippen molar-refractivity contribution in [3.63, 3.8) is 0 Å². The van der Waals surface area contributed by atoms with E-state index in [1.807, 2.05) is 32.9 Å². The van der Waals surface area contributed by atoms with Gasteiger partial charge >= 0.3 is 0 Å². The van der Waals surface area contributed by atoms with E-state index in [0.29, 0.717) is 24.4 Å². The molecule has 0 saturated carbocycles. The van der Waals surface area contributed by atoms with Gasteiger partial charge in [0.15, 0.2) is 0 Å². The van der Waals surface area contributed by atoms with Crippen LogP contribution < -0.4 is 14.4 Å². The van der Waals surface area contributed by atoms with Crippen molar-refractivity contribution in [2.75, 3.05) is 24.5 Å². The Labute approximate surface area is 251 Å². The molecule has 0 saturated heterocycles. The normalized spacial score (nSPS) is 11.9. The van der Waals surface area contributed by atoms with Crippen molar-refractivity contribution in [3.05, 3.63) is 88.4 Å². The number of carbonyl (C=O) groups is 2. The van der Waals surface area contributed by atoms with Crippen molar-refractivity contribution < 1.29 is 22.7 Å². The van der Waals surface area contributed by atoms with Crippen molar-refractivity contribution in [3.8, 4) is 5.75 Å². The van der Waals surface area contributed by atoms with Gasteiger partial charge in [0, 0.05) is 17.6 Å². The first kappa shape index (κ1) is 32.1. The highest BCUT2D eigenvalue weighted by Crippen LogP contribution is 2.27. The molecule has 0 radical (unpaired) electrons. The van der Waals surface area contributed by atoms with Crippen LogP contribution >= 0.6 is 15.9 Å². The van der Waals surface area contributed by atoms with Gasteiger partial charge < -0.3 is 15.0 Å². The first-order valence-corrected chi connectivity index (χ1v) is 15.9. The maximum Gasteiger partial charge on any atom is 0.264 e. The maximum absolute atomic E-state index is 14.1. The third-order valence-corrected chi connectivity index (χ3v) is 9.02. The monoisotopic (exact) mass is 643 g/mol. The summed E-state index contributed by atoms with van der Waals surface area (Å²) in [5.74, 6) is -0.147. The Morgan fingerprint density at radius 2 is 1.68 bits per heavy atom. The summed E-state index contributed by atoms with van der Waals surface area (Å²) >= 11 is 3.39. The highest BCUT2D eigenvalue weighted by Gasteiger charge is 2.33. The Bertz CT molecular complexity index is 1410. The van der Waals surface area contributed by atoms with E-state index in [1.165, 1.54) is 17.0 Å². The second-order valence-corrected chi connectivity index (χ2v) is 12.5. The SMILES string of the molecule is CCCCNC(=O)[C@H](CC)N(Cc1cccc(OC)c1)C(=O)CN(c1ccc(Br)cc1)S(=O)(=O)c1ccc(C)cc1. The molecule has 220 valence electrons. The van der Waals surface area contributed by atoms with Crippen molar-refractivity contribution in [1.82, 2.24) is 10.2 Å². The lowest BCUT2D eigenvalue weighted by Crippen LogP contribution is -2.52. The molecule has 3 aromatic carbocycles. The number of nitrogens with zero attached hydrogens (tertiary/aromatic N) is 2. The number of hydrogen-bond donors (Lipinski definition) is 1. The van der Waals surface area contributed by atoms with Crippen molar-refractivity contribution in [2.45, 2.75) is 57.5 Å². The summed E-state index contributed by atoms with van der Waals surface area (Å²) in [6, 6.07) is 19.7. The summed E-state index contributed by atoms with van der Waals surface area (Å²) in [4.78, 5) is 28.9. The lowest BCUT2D eigenvalue weighted by atomic mass is 10.1. The van der Waals surface area contributed by atoms with Crippen LogP contribution in [0.25, 0.3) is 0 Å². The van der Waals surface area contributed by atoms with Crippen LogP contribution in [0.5, 0.6) is 5.75 Å². The Hall–Kier alpha value is -3.37. The van der Waals surface area contributed by atoms with E-state index in [9.17, 15) is 18.0 Å². The van der Waals surface area contributed by atoms with E-state index >= 15 is 0 Å². The van der Waals surface area contributed by atoms with Gasteiger partial charge in [0.1, 0.15) is 18.3 Å². The molecule has 0 aromatic heterocycles. The second kappa shape index (κ2) is 15.0. The molecule has 0 fully saturated rings. The Kier molecular flexibility index (Phi) is 11.8. The zero-order valence-corrected chi connectivity index (χ0v) is 26.4. The number of carbonyl (C=O) groups excluding carboxylic acids is 2. The summed E-state index contributed by atoms with van der Waals surface area (Å²) in [7, 11) is -2.56. The maximum atomic E-state index is 14.1. The quantitative estimate of drug-likeness (QED) is 0.228. The number of unbranched alkanes of at least 4 members (excludes halogenated alkanes) is 1. The number of ether oxygens (including phenoxy) is 1. The predicted octanol–water partition coefficient (Wildman–Crippen LogP) is 5.69. The molecule has 1 atom stereocenters. The van der Waals surface area contributed by atoms with Gasteiger partial charge in [0.25, 0.3) is 10.0 Å². The van der Waals surface area contributed by atoms with E-state index < -0.39 is 28.5 Å². The Balaban J connectivity index is 2.04. The van der Waals surface area contributed by atoms with Crippen molar-refractivity contribution >= 4 is 43.5 Å². The zero-order chi connectivity index (χ0) is 30.0. The van der Waals surface area contributed by atoms with E-state index in [0.717, 1.165) is 32.7 Å². The van der Waals surface area contributed by atoms with Gasteiger partial charge in [-0.25, -0.2) is 8.42 Å². The minimum atomic E-state index is -4.12. The molecular formula is C31H38BrN3O5S. The van der Waals surface area contributed by atoms with E-state index in [-0.39, 0.29) is 17.3 Å². The lowest BCUT2D eigenvalue weighted by Gasteiger charge is -2.33. The zero-order valence-electron chi connectivity index (χ0n) is 24.0. The van der Waals surface area contributed by atoms with E-state index in [2.05, 4.69) is 21.2 Å². The molecule has 0 unspecified atom stereocenters. The number of nitrogens with one attached hydrogen (secondary N) is 1. The summed E-state index contributed by atoms with van der Waals surface area (Å²) in [5.41, 5.74) is 2.01. The van der Waals surface area contributed by atoms with Gasteiger partial charge in [-0.1, -0.05) is 66.0 Å². The largest absolute Gasteiger partial charge is 0.497 e. The fourth-order valence-electron chi connectivity index (χ4n) is 4.37. The number of aryl methyl sites for hydroxylation is 1. The number of amides is 2. The fraction of sp³-hybridized carbons (Fsp3) is 0.355. The summed E-state index contributed by atoms with van der Waals surface area (Å²) in [6.07, 6.45) is 2.09. The number of rotatable bonds is 14. The second-order valence-electron chi connectivity index (χ2n) is 9.74. The number of halogens is 1. The van der Waals surface area contributed by atoms with Crippen LogP contribution in [0, 0.1) is 6.92 Å². The van der Waals surface area contributed by atoms with Crippen LogP contribution in [0.15, 0.2) is 82.2 Å². The number of anilines is 1. The van der Waals surface area contributed by atoms with Gasteiger partial charge in [-0.05, 0) is 73.9 Å². The van der Waals surface area contributed by atoms with Gasteiger partial charge in [-0.2, -0.15) is 0 Å². The fourth-order valence-corrected chi connectivity index (χ4v) is 6.05. The third-order valence-electron chi connectivity index (χ3n) is 6.71. The highest BCUT2D eigenvalue weighted by molar-refractivity contribution is 9.10. The van der Waals surface area contributed by atoms with Crippen molar-refractivity contribution in [1.29, 1.82) is 0 Å². The lowest BCUT2D eigenvalue weighted by molar-refractivity contribution is -0.140. The Morgan fingerprint density at radius 3 is 2.29 bits per heavy atom. The molecule has 41 heavy (non-hydrogen) atoms. The average Bonchev–Trinajstić information content (AvgIpc) is 2.96. The third kappa shape index (κ3) is 8.56. The minimum Gasteiger partial charge on any atom is -0.497 e. The van der Waals surface area contributed by atoms with Crippen LogP contribution in [0.2, 0.25) is 0 Å². The van der Waals surface area contributed by atoms with E-state index in [1.54, 1.807) is 55.6 Å². The minimum absolute atomic E-state index is 0.0718. The predicted molar refractivity (Wildman–Crippen MR) is 165 cm³/mol. The molecule has 0 heterocycles. The number of hydrogen-bond acceptors (Lipinski definition) is 5. The molecule has 0 aliphatic heterocycles. The molecule has 0 aliphatic carbocycles. The average molecular weight is 645 g/mol. The molecule has 10 heteroatoms. The first-order valence-electron chi connectivity index (χ1n) is 13.7.